The van der Waals surface area contributed by atoms with Gasteiger partial charge in [0.1, 0.15) is 0 Å². The first kappa shape index (κ1) is 14.5. The molecule has 1 aliphatic heterocycles. The molecular weight excluding hydrogens is 238 g/mol. The molecule has 4 heteroatoms. The molecule has 0 saturated carbocycles. The minimum absolute atomic E-state index is 0.200. The lowest BCUT2D eigenvalue weighted by atomic mass is 9.76. The fraction of sp³-hybridized carbons (Fsp3) is 0.800. The number of nitrogens with two attached hydrogens (primary N) is 1. The molecular formula is C15H27N3O. The molecule has 0 bridgehead atoms. The van der Waals surface area contributed by atoms with Gasteiger partial charge in [0.25, 0.3) is 0 Å². The fourth-order valence-corrected chi connectivity index (χ4v) is 2.98. The second kappa shape index (κ2) is 6.53. The fourth-order valence-electron chi connectivity index (χ4n) is 2.98. The van der Waals surface area contributed by atoms with E-state index < -0.39 is 0 Å². The highest BCUT2D eigenvalue weighted by atomic mass is 16.5. The molecule has 0 radical (unpaired) electrons. The molecule has 2 N–H and O–H groups in total. The van der Waals surface area contributed by atoms with Gasteiger partial charge in [-0.15, -0.1) is 0 Å². The van der Waals surface area contributed by atoms with Crippen LogP contribution >= 0.6 is 0 Å². The highest BCUT2D eigenvalue weighted by molar-refractivity contribution is 5.05. The summed E-state index contributed by atoms with van der Waals surface area (Å²) in [6.07, 6.45) is 7.49. The Hall–Kier alpha value is -0.870. The minimum atomic E-state index is 0.200. The van der Waals surface area contributed by atoms with Crippen LogP contribution in [0.3, 0.4) is 0 Å². The van der Waals surface area contributed by atoms with Crippen molar-refractivity contribution in [1.29, 1.82) is 0 Å². The quantitative estimate of drug-likeness (QED) is 0.860. The van der Waals surface area contributed by atoms with Crippen LogP contribution < -0.4 is 5.73 Å². The summed E-state index contributed by atoms with van der Waals surface area (Å²) in [7, 11) is 0. The zero-order valence-electron chi connectivity index (χ0n) is 12.3. The molecule has 1 aromatic heterocycles. The van der Waals surface area contributed by atoms with Gasteiger partial charge in [-0.1, -0.05) is 13.8 Å². The maximum Gasteiger partial charge on any atom is 0.0630 e. The molecule has 0 atom stereocenters. The van der Waals surface area contributed by atoms with Crippen LogP contribution in [0.5, 0.6) is 0 Å². The van der Waals surface area contributed by atoms with E-state index in [1.165, 1.54) is 5.69 Å². The molecule has 1 fully saturated rings. The van der Waals surface area contributed by atoms with Crippen LogP contribution in [0.25, 0.3) is 0 Å². The topological polar surface area (TPSA) is 53.1 Å². The molecule has 0 unspecified atom stereocenters. The summed E-state index contributed by atoms with van der Waals surface area (Å²) in [5.41, 5.74) is 7.39. The van der Waals surface area contributed by atoms with Crippen molar-refractivity contribution in [3.63, 3.8) is 0 Å². The average Bonchev–Trinajstić information content (AvgIpc) is 2.89. The minimum Gasteiger partial charge on any atom is -0.381 e. The summed E-state index contributed by atoms with van der Waals surface area (Å²) in [6.45, 7) is 6.84. The third kappa shape index (κ3) is 3.37. The van der Waals surface area contributed by atoms with Gasteiger partial charge in [0.2, 0.25) is 0 Å². The van der Waals surface area contributed by atoms with Crippen LogP contribution in [-0.4, -0.2) is 29.5 Å². The van der Waals surface area contributed by atoms with Gasteiger partial charge in [0.15, 0.2) is 0 Å². The Morgan fingerprint density at radius 1 is 1.37 bits per heavy atom. The summed E-state index contributed by atoms with van der Waals surface area (Å²) in [5.74, 6) is 0. The summed E-state index contributed by atoms with van der Waals surface area (Å²) in [4.78, 5) is 0. The Labute approximate surface area is 116 Å². The second-order valence-electron chi connectivity index (χ2n) is 5.75. The van der Waals surface area contributed by atoms with Crippen LogP contribution in [0.15, 0.2) is 12.3 Å². The molecule has 108 valence electrons. The van der Waals surface area contributed by atoms with Crippen molar-refractivity contribution >= 4 is 0 Å². The number of hydrogen-bond acceptors (Lipinski definition) is 3. The van der Waals surface area contributed by atoms with Crippen molar-refractivity contribution in [3.8, 4) is 0 Å². The third-order valence-electron chi connectivity index (χ3n) is 4.52. The van der Waals surface area contributed by atoms with Crippen molar-refractivity contribution in [2.24, 2.45) is 11.1 Å². The number of aromatic nitrogens is 2. The van der Waals surface area contributed by atoms with E-state index >= 15 is 0 Å². The Morgan fingerprint density at radius 3 is 2.63 bits per heavy atom. The Balaban J connectivity index is 2.05. The predicted molar refractivity (Wildman–Crippen MR) is 77.1 cm³/mol. The van der Waals surface area contributed by atoms with E-state index in [0.29, 0.717) is 6.04 Å². The molecule has 0 aliphatic carbocycles. The molecule has 0 spiro atoms. The van der Waals surface area contributed by atoms with E-state index in [4.69, 9.17) is 15.6 Å². The van der Waals surface area contributed by atoms with E-state index in [9.17, 15) is 0 Å². The maximum absolute atomic E-state index is 6.01. The smallest absolute Gasteiger partial charge is 0.0630 e. The van der Waals surface area contributed by atoms with Gasteiger partial charge in [0, 0.05) is 19.4 Å². The van der Waals surface area contributed by atoms with Gasteiger partial charge in [-0.05, 0) is 50.1 Å². The van der Waals surface area contributed by atoms with Crippen molar-refractivity contribution in [1.82, 2.24) is 9.78 Å². The van der Waals surface area contributed by atoms with Gasteiger partial charge in [-0.3, -0.25) is 4.68 Å². The molecule has 4 nitrogen and oxygen atoms in total. The lowest BCUT2D eigenvalue weighted by Gasteiger charge is -2.35. The Bertz CT molecular complexity index is 378. The first-order valence-corrected chi connectivity index (χ1v) is 7.55. The van der Waals surface area contributed by atoms with Gasteiger partial charge in [0.05, 0.1) is 11.7 Å². The van der Waals surface area contributed by atoms with Crippen LogP contribution in [-0.2, 0) is 11.2 Å². The maximum atomic E-state index is 6.01. The monoisotopic (exact) mass is 265 g/mol. The molecule has 1 aliphatic rings. The Morgan fingerprint density at radius 2 is 2.05 bits per heavy atom. The molecule has 2 heterocycles. The van der Waals surface area contributed by atoms with Crippen LogP contribution in [0.4, 0.5) is 0 Å². The standard InChI is InChI=1S/C15H27N3O/c1-3-14(4-2)18-8-5-13(17-18)11-15(12-16)6-9-19-10-7-15/h5,8,14H,3-4,6-7,9-12,16H2,1-2H3. The summed E-state index contributed by atoms with van der Waals surface area (Å²) in [6, 6.07) is 2.68. The zero-order chi connectivity index (χ0) is 13.7. The van der Waals surface area contributed by atoms with Gasteiger partial charge < -0.3 is 10.5 Å². The van der Waals surface area contributed by atoms with Crippen molar-refractivity contribution in [2.45, 2.75) is 52.0 Å². The lowest BCUT2D eigenvalue weighted by Crippen LogP contribution is -2.38. The molecule has 0 amide bonds. The normalized spacial score (nSPS) is 18.9. The van der Waals surface area contributed by atoms with E-state index in [0.717, 1.165) is 51.9 Å². The second-order valence-corrected chi connectivity index (χ2v) is 5.75. The molecule has 2 rings (SSSR count). The largest absolute Gasteiger partial charge is 0.381 e. The number of ether oxygens (including phenoxy) is 1. The highest BCUT2D eigenvalue weighted by Crippen LogP contribution is 2.33. The summed E-state index contributed by atoms with van der Waals surface area (Å²) < 4.78 is 7.59. The molecule has 0 aromatic carbocycles. The number of rotatable bonds is 6. The summed E-state index contributed by atoms with van der Waals surface area (Å²) >= 11 is 0. The predicted octanol–water partition coefficient (Wildman–Crippen LogP) is 2.54. The molecule has 1 saturated heterocycles. The number of nitrogens with zero attached hydrogens (tertiary/aromatic N) is 2. The first-order valence-electron chi connectivity index (χ1n) is 7.55. The van der Waals surface area contributed by atoms with E-state index in [-0.39, 0.29) is 5.41 Å². The molecule has 19 heavy (non-hydrogen) atoms. The molecule has 1 aromatic rings. The zero-order valence-corrected chi connectivity index (χ0v) is 12.3. The lowest BCUT2D eigenvalue weighted by molar-refractivity contribution is 0.0186. The van der Waals surface area contributed by atoms with Crippen LogP contribution in [0.1, 0.15) is 51.3 Å². The third-order valence-corrected chi connectivity index (χ3v) is 4.52. The number of hydrogen-bond donors (Lipinski definition) is 1. The average molecular weight is 265 g/mol. The SMILES string of the molecule is CCC(CC)n1ccc(CC2(CN)CCOCC2)n1. The van der Waals surface area contributed by atoms with Crippen LogP contribution in [0.2, 0.25) is 0 Å². The van der Waals surface area contributed by atoms with Crippen LogP contribution in [0, 0.1) is 5.41 Å². The van der Waals surface area contributed by atoms with Crippen molar-refractivity contribution in [2.75, 3.05) is 19.8 Å². The van der Waals surface area contributed by atoms with Gasteiger partial charge in [-0.25, -0.2) is 0 Å². The Kier molecular flexibility index (Phi) is 4.99. The van der Waals surface area contributed by atoms with Gasteiger partial charge >= 0.3 is 0 Å². The van der Waals surface area contributed by atoms with Gasteiger partial charge in [-0.2, -0.15) is 5.10 Å². The van der Waals surface area contributed by atoms with Crippen molar-refractivity contribution < 1.29 is 4.74 Å². The van der Waals surface area contributed by atoms with E-state index in [1.807, 2.05) is 0 Å². The van der Waals surface area contributed by atoms with Crippen molar-refractivity contribution in [3.05, 3.63) is 18.0 Å². The van der Waals surface area contributed by atoms with E-state index in [1.54, 1.807) is 0 Å². The first-order chi connectivity index (χ1) is 9.23. The highest BCUT2D eigenvalue weighted by Gasteiger charge is 2.32. The van der Waals surface area contributed by atoms with E-state index in [2.05, 4.69) is 30.8 Å². The summed E-state index contributed by atoms with van der Waals surface area (Å²) in [5, 5.41) is 4.76.